The molecule has 0 saturated carbocycles. The standard InChI is InChI=1S/C19H31N3O2.ClH/c1-5-6-16-17(14(3)23)13(2)21-18(16)19(24)22-11-8-15(9-12-22)7-10-20-4;/h15,20-21H,5-12H2,1-4H3;1H. The fourth-order valence-electron chi connectivity index (χ4n) is 3.77. The second-order valence-electron chi connectivity index (χ2n) is 6.91. The molecule has 1 amide bonds. The van der Waals surface area contributed by atoms with Crippen molar-refractivity contribution in [2.75, 3.05) is 26.7 Å². The maximum absolute atomic E-state index is 13.0. The predicted octanol–water partition coefficient (Wildman–Crippen LogP) is 3.36. The van der Waals surface area contributed by atoms with Gasteiger partial charge in [-0.25, -0.2) is 0 Å². The van der Waals surface area contributed by atoms with Crippen LogP contribution in [0.5, 0.6) is 0 Å². The van der Waals surface area contributed by atoms with Gasteiger partial charge in [-0.15, -0.1) is 12.4 Å². The second-order valence-corrected chi connectivity index (χ2v) is 6.91. The van der Waals surface area contributed by atoms with Crippen molar-refractivity contribution < 1.29 is 9.59 Å². The average Bonchev–Trinajstić information content (AvgIpc) is 2.89. The molecule has 1 fully saturated rings. The Morgan fingerprint density at radius 2 is 1.92 bits per heavy atom. The van der Waals surface area contributed by atoms with Crippen LogP contribution in [0.2, 0.25) is 0 Å². The molecular formula is C19H32ClN3O2. The second kappa shape index (κ2) is 9.97. The molecule has 0 aromatic carbocycles. The summed E-state index contributed by atoms with van der Waals surface area (Å²) in [5.74, 6) is 0.799. The van der Waals surface area contributed by atoms with Crippen LogP contribution in [0, 0.1) is 12.8 Å². The lowest BCUT2D eigenvalue weighted by Gasteiger charge is -2.32. The molecule has 25 heavy (non-hydrogen) atoms. The quantitative estimate of drug-likeness (QED) is 0.724. The van der Waals surface area contributed by atoms with E-state index in [0.717, 1.165) is 56.6 Å². The first-order valence-corrected chi connectivity index (χ1v) is 9.15. The number of carbonyl (C=O) groups is 2. The van der Waals surface area contributed by atoms with Gasteiger partial charge in [-0.05, 0) is 64.6 Å². The third kappa shape index (κ3) is 5.08. The highest BCUT2D eigenvalue weighted by Gasteiger charge is 2.28. The molecule has 1 aliphatic heterocycles. The molecule has 0 radical (unpaired) electrons. The third-order valence-corrected chi connectivity index (χ3v) is 5.06. The highest BCUT2D eigenvalue weighted by Crippen LogP contribution is 2.26. The van der Waals surface area contributed by atoms with E-state index in [2.05, 4.69) is 17.2 Å². The molecule has 1 aromatic rings. The molecule has 2 N–H and O–H groups in total. The fourth-order valence-corrected chi connectivity index (χ4v) is 3.77. The normalized spacial score (nSPS) is 15.1. The molecule has 0 spiro atoms. The smallest absolute Gasteiger partial charge is 0.270 e. The van der Waals surface area contributed by atoms with Gasteiger partial charge >= 0.3 is 0 Å². The van der Waals surface area contributed by atoms with Crippen molar-refractivity contribution in [1.82, 2.24) is 15.2 Å². The van der Waals surface area contributed by atoms with Gasteiger partial charge in [-0.3, -0.25) is 9.59 Å². The Morgan fingerprint density at radius 3 is 2.44 bits per heavy atom. The summed E-state index contributed by atoms with van der Waals surface area (Å²) in [5, 5.41) is 3.20. The third-order valence-electron chi connectivity index (χ3n) is 5.06. The summed E-state index contributed by atoms with van der Waals surface area (Å²) >= 11 is 0. The molecule has 2 heterocycles. The van der Waals surface area contributed by atoms with E-state index >= 15 is 0 Å². The summed E-state index contributed by atoms with van der Waals surface area (Å²) in [6, 6.07) is 0. The van der Waals surface area contributed by atoms with E-state index in [1.54, 1.807) is 6.92 Å². The van der Waals surface area contributed by atoms with E-state index in [0.29, 0.717) is 17.2 Å². The fraction of sp³-hybridized carbons (Fsp3) is 0.684. The zero-order valence-corrected chi connectivity index (χ0v) is 16.7. The number of ketones is 1. The number of hydrogen-bond acceptors (Lipinski definition) is 3. The first-order chi connectivity index (χ1) is 11.5. The van der Waals surface area contributed by atoms with Crippen LogP contribution in [0.15, 0.2) is 0 Å². The number of halogens is 1. The van der Waals surface area contributed by atoms with Crippen LogP contribution in [0.1, 0.15) is 71.6 Å². The first-order valence-electron chi connectivity index (χ1n) is 9.15. The number of aryl methyl sites for hydroxylation is 1. The van der Waals surface area contributed by atoms with Gasteiger partial charge < -0.3 is 15.2 Å². The van der Waals surface area contributed by atoms with Crippen molar-refractivity contribution in [2.24, 2.45) is 5.92 Å². The Morgan fingerprint density at radius 1 is 1.28 bits per heavy atom. The minimum absolute atomic E-state index is 0. The zero-order valence-electron chi connectivity index (χ0n) is 15.9. The van der Waals surface area contributed by atoms with Gasteiger partial charge in [0, 0.05) is 24.3 Å². The molecule has 142 valence electrons. The minimum Gasteiger partial charge on any atom is -0.354 e. The van der Waals surface area contributed by atoms with Crippen LogP contribution < -0.4 is 5.32 Å². The summed E-state index contributed by atoms with van der Waals surface area (Å²) in [4.78, 5) is 30.1. The van der Waals surface area contributed by atoms with E-state index < -0.39 is 0 Å². The first kappa shape index (κ1) is 21.7. The Bertz CT molecular complexity index is 590. The molecule has 0 unspecified atom stereocenters. The van der Waals surface area contributed by atoms with Crippen molar-refractivity contribution in [1.29, 1.82) is 0 Å². The molecule has 2 rings (SSSR count). The number of nitrogens with zero attached hydrogens (tertiary/aromatic N) is 1. The zero-order chi connectivity index (χ0) is 17.7. The number of piperidine rings is 1. The van der Waals surface area contributed by atoms with E-state index in [9.17, 15) is 9.59 Å². The minimum atomic E-state index is 0. The number of aromatic nitrogens is 1. The lowest BCUT2D eigenvalue weighted by Crippen LogP contribution is -2.39. The van der Waals surface area contributed by atoms with Gasteiger partial charge in [-0.2, -0.15) is 0 Å². The summed E-state index contributed by atoms with van der Waals surface area (Å²) in [6.45, 7) is 8.21. The molecule has 6 heteroatoms. The lowest BCUT2D eigenvalue weighted by molar-refractivity contribution is 0.0680. The summed E-state index contributed by atoms with van der Waals surface area (Å²) in [6.07, 6.45) is 4.99. The van der Waals surface area contributed by atoms with Gasteiger partial charge in [0.05, 0.1) is 0 Å². The van der Waals surface area contributed by atoms with Crippen LogP contribution >= 0.6 is 12.4 Å². The maximum Gasteiger partial charge on any atom is 0.270 e. The Hall–Kier alpha value is -1.33. The number of H-pyrrole nitrogens is 1. The van der Waals surface area contributed by atoms with Crippen LogP contribution in [0.4, 0.5) is 0 Å². The number of Topliss-reactive ketones (excluding diaryl/α,β-unsaturated/α-hetero) is 1. The lowest BCUT2D eigenvalue weighted by atomic mass is 9.93. The number of hydrogen-bond donors (Lipinski definition) is 2. The number of rotatable bonds is 7. The van der Waals surface area contributed by atoms with Crippen molar-refractivity contribution in [2.45, 2.75) is 52.9 Å². The van der Waals surface area contributed by atoms with Crippen LogP contribution in [0.25, 0.3) is 0 Å². The van der Waals surface area contributed by atoms with E-state index in [1.165, 1.54) is 6.42 Å². The number of carbonyl (C=O) groups excluding carboxylic acids is 2. The number of aromatic amines is 1. The van der Waals surface area contributed by atoms with Crippen LogP contribution in [-0.4, -0.2) is 48.3 Å². The SMILES string of the molecule is CCCc1c(C(=O)N2CCC(CCNC)CC2)[nH]c(C)c1C(C)=O.Cl. The molecule has 0 bridgehead atoms. The van der Waals surface area contributed by atoms with Crippen molar-refractivity contribution >= 4 is 24.1 Å². The Kier molecular flexibility index (Phi) is 8.66. The summed E-state index contributed by atoms with van der Waals surface area (Å²) < 4.78 is 0. The topological polar surface area (TPSA) is 65.2 Å². The van der Waals surface area contributed by atoms with Gasteiger partial charge in [0.15, 0.2) is 5.78 Å². The maximum atomic E-state index is 13.0. The molecule has 1 saturated heterocycles. The van der Waals surface area contributed by atoms with E-state index in [-0.39, 0.29) is 24.1 Å². The van der Waals surface area contributed by atoms with Gasteiger partial charge in [0.2, 0.25) is 0 Å². The molecule has 5 nitrogen and oxygen atoms in total. The van der Waals surface area contributed by atoms with Gasteiger partial charge in [0.1, 0.15) is 5.69 Å². The van der Waals surface area contributed by atoms with Crippen molar-refractivity contribution in [3.8, 4) is 0 Å². The van der Waals surface area contributed by atoms with E-state index in [1.807, 2.05) is 18.9 Å². The Balaban J connectivity index is 0.00000312. The van der Waals surface area contributed by atoms with Gasteiger partial charge in [-0.1, -0.05) is 13.3 Å². The number of nitrogens with one attached hydrogen (secondary N) is 2. The molecular weight excluding hydrogens is 338 g/mol. The number of likely N-dealkylation sites (tertiary alicyclic amines) is 1. The molecule has 1 aromatic heterocycles. The van der Waals surface area contributed by atoms with Crippen LogP contribution in [-0.2, 0) is 6.42 Å². The number of amides is 1. The van der Waals surface area contributed by atoms with Gasteiger partial charge in [0.25, 0.3) is 5.91 Å². The summed E-state index contributed by atoms with van der Waals surface area (Å²) in [5.41, 5.74) is 3.07. The monoisotopic (exact) mass is 369 g/mol. The highest BCUT2D eigenvalue weighted by atomic mass is 35.5. The predicted molar refractivity (Wildman–Crippen MR) is 104 cm³/mol. The average molecular weight is 370 g/mol. The van der Waals surface area contributed by atoms with E-state index in [4.69, 9.17) is 0 Å². The Labute approximate surface area is 157 Å². The largest absolute Gasteiger partial charge is 0.354 e. The highest BCUT2D eigenvalue weighted by molar-refractivity contribution is 6.02. The molecule has 0 atom stereocenters. The summed E-state index contributed by atoms with van der Waals surface area (Å²) in [7, 11) is 1.98. The van der Waals surface area contributed by atoms with Crippen molar-refractivity contribution in [3.05, 3.63) is 22.5 Å². The van der Waals surface area contributed by atoms with Crippen molar-refractivity contribution in [3.63, 3.8) is 0 Å². The molecule has 0 aliphatic carbocycles. The molecule has 1 aliphatic rings. The van der Waals surface area contributed by atoms with Crippen LogP contribution in [0.3, 0.4) is 0 Å².